The van der Waals surface area contributed by atoms with Gasteiger partial charge in [-0.15, -0.1) is 0 Å². The summed E-state index contributed by atoms with van der Waals surface area (Å²) in [4.78, 5) is 10.2. The number of carboxylic acid groups (broad SMARTS) is 1. The predicted octanol–water partition coefficient (Wildman–Crippen LogP) is 1.51. The van der Waals surface area contributed by atoms with E-state index in [2.05, 4.69) is 0 Å². The van der Waals surface area contributed by atoms with Crippen LogP contribution in [0.5, 0.6) is 0 Å². The Bertz CT molecular complexity index is 158. The normalized spacial score (nSPS) is 12.2. The van der Waals surface area contributed by atoms with Crippen LogP contribution in [0.3, 0.4) is 0 Å². The molecule has 1 unspecified atom stereocenters. The number of ether oxygens (including phenoxy) is 1. The van der Waals surface area contributed by atoms with Gasteiger partial charge >= 0.3 is 5.97 Å². The first-order valence-corrected chi connectivity index (χ1v) is 4.53. The maximum atomic E-state index is 10.2. The molecule has 0 saturated carbocycles. The van der Waals surface area contributed by atoms with Gasteiger partial charge in [0.2, 0.25) is 4.38 Å². The van der Waals surface area contributed by atoms with Gasteiger partial charge in [-0.3, -0.25) is 0 Å². The van der Waals surface area contributed by atoms with E-state index in [0.29, 0.717) is 4.38 Å². The second-order valence-corrected chi connectivity index (χ2v) is 3.65. The number of hydrogen-bond donors (Lipinski definition) is 1. The Labute approximate surface area is 75.1 Å². The third-order valence-corrected chi connectivity index (χ3v) is 1.95. The number of aliphatic carboxylic acids is 1. The molecule has 0 spiro atoms. The van der Waals surface area contributed by atoms with Crippen molar-refractivity contribution in [3.63, 3.8) is 0 Å². The molecule has 64 valence electrons. The third-order valence-electron chi connectivity index (χ3n) is 0.883. The average molecular weight is 194 g/mol. The van der Waals surface area contributed by atoms with Crippen LogP contribution in [-0.2, 0) is 9.53 Å². The van der Waals surface area contributed by atoms with E-state index in [1.54, 1.807) is 0 Å². The molecule has 0 aliphatic heterocycles. The fourth-order valence-electron chi connectivity index (χ4n) is 0.347. The van der Waals surface area contributed by atoms with E-state index in [-0.39, 0.29) is 0 Å². The van der Waals surface area contributed by atoms with Gasteiger partial charge in [0, 0.05) is 0 Å². The summed E-state index contributed by atoms with van der Waals surface area (Å²) in [6.07, 6.45) is -0.846. The molecule has 1 atom stereocenters. The summed E-state index contributed by atoms with van der Waals surface area (Å²) in [6, 6.07) is 0. The minimum Gasteiger partial charge on any atom is -0.479 e. The molecule has 5 heteroatoms. The van der Waals surface area contributed by atoms with Gasteiger partial charge in [0.1, 0.15) is 0 Å². The number of carboxylic acids is 1. The van der Waals surface area contributed by atoms with Crippen molar-refractivity contribution in [1.29, 1.82) is 0 Å². The first-order chi connectivity index (χ1) is 5.07. The van der Waals surface area contributed by atoms with Crippen LogP contribution in [0.25, 0.3) is 0 Å². The highest BCUT2D eigenvalue weighted by atomic mass is 32.2. The SMILES string of the molecule is CCSC(=S)OC(C)C(=O)O. The van der Waals surface area contributed by atoms with Gasteiger partial charge in [0.25, 0.3) is 0 Å². The zero-order chi connectivity index (χ0) is 8.85. The molecule has 1 N–H and O–H groups in total. The topological polar surface area (TPSA) is 46.5 Å². The molecule has 0 saturated heterocycles. The minimum absolute atomic E-state index is 0.294. The minimum atomic E-state index is -0.996. The molecule has 0 aliphatic carbocycles. The number of carbonyl (C=O) groups is 1. The highest BCUT2D eigenvalue weighted by molar-refractivity contribution is 8.22. The van der Waals surface area contributed by atoms with Gasteiger partial charge < -0.3 is 9.84 Å². The largest absolute Gasteiger partial charge is 0.479 e. The van der Waals surface area contributed by atoms with Gasteiger partial charge in [0.15, 0.2) is 6.10 Å². The maximum Gasteiger partial charge on any atom is 0.344 e. The Morgan fingerprint density at radius 1 is 1.82 bits per heavy atom. The standard InChI is InChI=1S/C6H10O3S2/c1-3-11-6(10)9-4(2)5(7)8/h4H,3H2,1-2H3,(H,7,8). The van der Waals surface area contributed by atoms with E-state index in [0.717, 1.165) is 5.75 Å². The molecule has 0 aromatic carbocycles. The quantitative estimate of drug-likeness (QED) is 0.690. The lowest BCUT2D eigenvalue weighted by atomic mass is 10.4. The zero-order valence-corrected chi connectivity index (χ0v) is 8.00. The molecule has 0 heterocycles. The molecule has 0 aromatic rings. The first-order valence-electron chi connectivity index (χ1n) is 3.14. The van der Waals surface area contributed by atoms with Crippen LogP contribution in [0.2, 0.25) is 0 Å². The van der Waals surface area contributed by atoms with Gasteiger partial charge in [-0.25, -0.2) is 4.79 Å². The number of rotatable bonds is 3. The summed E-state index contributed by atoms with van der Waals surface area (Å²) in [7, 11) is 0. The van der Waals surface area contributed by atoms with Crippen molar-refractivity contribution in [2.75, 3.05) is 5.75 Å². The molecule has 11 heavy (non-hydrogen) atoms. The van der Waals surface area contributed by atoms with Crippen LogP contribution in [-0.4, -0.2) is 27.3 Å². The van der Waals surface area contributed by atoms with E-state index >= 15 is 0 Å². The Morgan fingerprint density at radius 3 is 2.73 bits per heavy atom. The maximum absolute atomic E-state index is 10.2. The van der Waals surface area contributed by atoms with Crippen molar-refractivity contribution in [2.45, 2.75) is 20.0 Å². The highest BCUT2D eigenvalue weighted by Crippen LogP contribution is 2.07. The summed E-state index contributed by atoms with van der Waals surface area (Å²) in [5.41, 5.74) is 0. The average Bonchev–Trinajstić information content (AvgIpc) is 1.87. The lowest BCUT2D eigenvalue weighted by Gasteiger charge is -2.08. The lowest BCUT2D eigenvalue weighted by Crippen LogP contribution is -2.21. The number of hydrogen-bond acceptors (Lipinski definition) is 4. The third kappa shape index (κ3) is 5.03. The molecular formula is C6H10O3S2. The Kier molecular flexibility index (Phi) is 5.23. The van der Waals surface area contributed by atoms with Crippen molar-refractivity contribution in [2.24, 2.45) is 0 Å². The smallest absolute Gasteiger partial charge is 0.344 e. The second kappa shape index (κ2) is 5.37. The Morgan fingerprint density at radius 2 is 2.36 bits per heavy atom. The van der Waals surface area contributed by atoms with Crippen LogP contribution in [0.15, 0.2) is 0 Å². The van der Waals surface area contributed by atoms with Gasteiger partial charge in [0.05, 0.1) is 0 Å². The van der Waals surface area contributed by atoms with Crippen LogP contribution < -0.4 is 0 Å². The van der Waals surface area contributed by atoms with Crippen LogP contribution in [0.4, 0.5) is 0 Å². The molecule has 0 bridgehead atoms. The fourth-order valence-corrected chi connectivity index (χ4v) is 1.29. The zero-order valence-electron chi connectivity index (χ0n) is 6.36. The summed E-state index contributed by atoms with van der Waals surface area (Å²) in [6.45, 7) is 3.37. The van der Waals surface area contributed by atoms with Crippen molar-refractivity contribution in [1.82, 2.24) is 0 Å². The predicted molar refractivity (Wildman–Crippen MR) is 48.9 cm³/mol. The van der Waals surface area contributed by atoms with Gasteiger partial charge in [-0.1, -0.05) is 18.7 Å². The molecule has 0 radical (unpaired) electrons. The molecule has 0 amide bonds. The van der Waals surface area contributed by atoms with E-state index in [1.807, 2.05) is 6.92 Å². The summed E-state index contributed by atoms with van der Waals surface area (Å²) < 4.78 is 5.14. The van der Waals surface area contributed by atoms with Gasteiger partial charge in [-0.05, 0) is 24.9 Å². The number of thioether (sulfide) groups is 1. The van der Waals surface area contributed by atoms with Crippen molar-refractivity contribution in [3.8, 4) is 0 Å². The monoisotopic (exact) mass is 194 g/mol. The molecule has 0 fully saturated rings. The fraction of sp³-hybridized carbons (Fsp3) is 0.667. The number of thiocarbonyl (C=S) groups is 1. The van der Waals surface area contributed by atoms with Crippen LogP contribution >= 0.6 is 24.0 Å². The van der Waals surface area contributed by atoms with Crippen LogP contribution in [0, 0.1) is 0 Å². The van der Waals surface area contributed by atoms with E-state index in [1.165, 1.54) is 18.7 Å². The van der Waals surface area contributed by atoms with E-state index in [9.17, 15) is 4.79 Å². The molecule has 3 nitrogen and oxygen atoms in total. The van der Waals surface area contributed by atoms with Crippen molar-refractivity contribution >= 4 is 34.3 Å². The Balaban J connectivity index is 3.66. The molecule has 0 aromatic heterocycles. The van der Waals surface area contributed by atoms with Crippen LogP contribution in [0.1, 0.15) is 13.8 Å². The summed E-state index contributed by atoms with van der Waals surface area (Å²) >= 11 is 6.05. The lowest BCUT2D eigenvalue weighted by molar-refractivity contribution is -0.144. The van der Waals surface area contributed by atoms with E-state index < -0.39 is 12.1 Å². The Hall–Kier alpha value is -0.290. The first kappa shape index (κ1) is 10.7. The summed E-state index contributed by atoms with van der Waals surface area (Å²) in [5, 5.41) is 8.41. The van der Waals surface area contributed by atoms with Crippen molar-refractivity contribution < 1.29 is 14.6 Å². The molecular weight excluding hydrogens is 184 g/mol. The van der Waals surface area contributed by atoms with E-state index in [4.69, 9.17) is 22.1 Å². The second-order valence-electron chi connectivity index (χ2n) is 1.78. The van der Waals surface area contributed by atoms with Crippen molar-refractivity contribution in [3.05, 3.63) is 0 Å². The van der Waals surface area contributed by atoms with Gasteiger partial charge in [-0.2, -0.15) is 0 Å². The molecule has 0 rings (SSSR count). The highest BCUT2D eigenvalue weighted by Gasteiger charge is 2.13. The molecule has 0 aliphatic rings. The summed E-state index contributed by atoms with van der Waals surface area (Å²) in [5.74, 6) is -0.199.